The summed E-state index contributed by atoms with van der Waals surface area (Å²) in [5.41, 5.74) is 6.95. The molecule has 0 aliphatic carbocycles. The van der Waals surface area contributed by atoms with Crippen LogP contribution in [-0.4, -0.2) is 4.98 Å². The Hall–Kier alpha value is -3.43. The van der Waals surface area contributed by atoms with E-state index in [0.717, 1.165) is 33.7 Å². The Kier molecular flexibility index (Phi) is 5.72. The molecular formula is C34H33NOS. The standard InChI is InChI=1S/C34H33NOS/c1-20(2)13-26-17-25-16-23(11-12-32(25)36-26)28-19-31(35-33-29(28)14-21(3)37-33)24-15-22-9-7-8-10-27(22)30(18-24)34(4,5)6/h7-12,14-20H,13H2,1-6H3. The van der Waals surface area contributed by atoms with Gasteiger partial charge in [-0.1, -0.05) is 65.0 Å². The van der Waals surface area contributed by atoms with Crippen molar-refractivity contribution in [3.05, 3.63) is 89.0 Å². The van der Waals surface area contributed by atoms with Crippen molar-refractivity contribution in [3.8, 4) is 22.4 Å². The maximum absolute atomic E-state index is 6.13. The number of hydrogen-bond acceptors (Lipinski definition) is 3. The number of benzene rings is 3. The van der Waals surface area contributed by atoms with Gasteiger partial charge in [-0.25, -0.2) is 4.98 Å². The highest BCUT2D eigenvalue weighted by molar-refractivity contribution is 7.18. The van der Waals surface area contributed by atoms with Gasteiger partial charge in [0.15, 0.2) is 0 Å². The molecule has 0 aliphatic heterocycles. The molecule has 0 saturated carbocycles. The summed E-state index contributed by atoms with van der Waals surface area (Å²) in [6.45, 7) is 13.5. The minimum atomic E-state index is 0.0298. The van der Waals surface area contributed by atoms with E-state index in [1.807, 2.05) is 0 Å². The third kappa shape index (κ3) is 4.46. The Labute approximate surface area is 223 Å². The lowest BCUT2D eigenvalue weighted by Crippen LogP contribution is -2.12. The van der Waals surface area contributed by atoms with Crippen LogP contribution in [-0.2, 0) is 11.8 Å². The van der Waals surface area contributed by atoms with Crippen LogP contribution in [0.1, 0.15) is 50.8 Å². The molecule has 6 aromatic rings. The first-order valence-corrected chi connectivity index (χ1v) is 13.9. The normalized spacial score (nSPS) is 12.4. The van der Waals surface area contributed by atoms with Crippen molar-refractivity contribution in [2.45, 2.75) is 53.4 Å². The van der Waals surface area contributed by atoms with E-state index in [0.29, 0.717) is 5.92 Å². The number of rotatable bonds is 4. The van der Waals surface area contributed by atoms with Gasteiger partial charge in [0.25, 0.3) is 0 Å². The van der Waals surface area contributed by atoms with Crippen LogP contribution >= 0.6 is 11.3 Å². The smallest absolute Gasteiger partial charge is 0.134 e. The van der Waals surface area contributed by atoms with E-state index in [2.05, 4.69) is 114 Å². The molecule has 0 spiro atoms. The molecule has 186 valence electrons. The SMILES string of the molecule is Cc1cc2c(-c3ccc4oc(CC(C)C)cc4c3)cc(-c3cc(C(C)(C)C)c4ccccc4c3)nc2s1. The van der Waals surface area contributed by atoms with E-state index >= 15 is 0 Å². The van der Waals surface area contributed by atoms with Crippen molar-refractivity contribution in [3.63, 3.8) is 0 Å². The molecule has 0 unspecified atom stereocenters. The summed E-state index contributed by atoms with van der Waals surface area (Å²) in [6, 6.07) is 26.7. The van der Waals surface area contributed by atoms with Crippen molar-refractivity contribution in [1.82, 2.24) is 4.98 Å². The van der Waals surface area contributed by atoms with Crippen LogP contribution in [0.2, 0.25) is 0 Å². The van der Waals surface area contributed by atoms with E-state index in [-0.39, 0.29) is 5.41 Å². The second-order valence-corrected chi connectivity index (χ2v) is 12.9. The highest BCUT2D eigenvalue weighted by Crippen LogP contribution is 2.40. The fourth-order valence-corrected chi connectivity index (χ4v) is 6.27. The summed E-state index contributed by atoms with van der Waals surface area (Å²) in [4.78, 5) is 7.54. The van der Waals surface area contributed by atoms with Gasteiger partial charge in [-0.3, -0.25) is 0 Å². The van der Waals surface area contributed by atoms with Crippen LogP contribution in [0.25, 0.3) is 54.3 Å². The number of nitrogens with zero attached hydrogens (tertiary/aromatic N) is 1. The molecule has 3 heterocycles. The Morgan fingerprint density at radius 1 is 0.838 bits per heavy atom. The van der Waals surface area contributed by atoms with Crippen LogP contribution < -0.4 is 0 Å². The van der Waals surface area contributed by atoms with Gasteiger partial charge in [0.1, 0.15) is 16.2 Å². The number of aryl methyl sites for hydroxylation is 1. The first-order valence-electron chi connectivity index (χ1n) is 13.1. The van der Waals surface area contributed by atoms with Gasteiger partial charge in [0.05, 0.1) is 5.69 Å². The molecule has 0 bridgehead atoms. The molecular weight excluding hydrogens is 470 g/mol. The predicted octanol–water partition coefficient (Wildman–Crippen LogP) is 10.3. The van der Waals surface area contributed by atoms with Crippen molar-refractivity contribution >= 4 is 43.3 Å². The molecule has 3 aromatic carbocycles. The summed E-state index contributed by atoms with van der Waals surface area (Å²) in [5, 5.41) is 4.95. The zero-order chi connectivity index (χ0) is 25.9. The van der Waals surface area contributed by atoms with Crippen LogP contribution in [0.3, 0.4) is 0 Å². The molecule has 0 aliphatic rings. The van der Waals surface area contributed by atoms with Gasteiger partial charge in [-0.05, 0) is 88.2 Å². The maximum atomic E-state index is 6.13. The van der Waals surface area contributed by atoms with Gasteiger partial charge in [0, 0.05) is 27.6 Å². The van der Waals surface area contributed by atoms with Crippen molar-refractivity contribution in [2.24, 2.45) is 5.92 Å². The zero-order valence-electron chi connectivity index (χ0n) is 22.5. The molecule has 0 amide bonds. The monoisotopic (exact) mass is 503 g/mol. The van der Waals surface area contributed by atoms with Gasteiger partial charge in [-0.15, -0.1) is 11.3 Å². The van der Waals surface area contributed by atoms with Crippen molar-refractivity contribution in [2.75, 3.05) is 0 Å². The molecule has 0 atom stereocenters. The van der Waals surface area contributed by atoms with E-state index in [1.165, 1.54) is 43.3 Å². The fourth-order valence-electron chi connectivity index (χ4n) is 5.37. The van der Waals surface area contributed by atoms with Crippen LogP contribution in [0, 0.1) is 12.8 Å². The Morgan fingerprint density at radius 2 is 1.62 bits per heavy atom. The average molecular weight is 504 g/mol. The zero-order valence-corrected chi connectivity index (χ0v) is 23.3. The summed E-state index contributed by atoms with van der Waals surface area (Å²) in [7, 11) is 0. The lowest BCUT2D eigenvalue weighted by Gasteiger charge is -2.23. The number of furan rings is 1. The van der Waals surface area contributed by atoms with E-state index < -0.39 is 0 Å². The molecule has 2 nitrogen and oxygen atoms in total. The lowest BCUT2D eigenvalue weighted by molar-refractivity contribution is 0.500. The van der Waals surface area contributed by atoms with Crippen molar-refractivity contribution < 1.29 is 4.42 Å². The molecule has 0 fully saturated rings. The highest BCUT2D eigenvalue weighted by Gasteiger charge is 2.20. The van der Waals surface area contributed by atoms with Gasteiger partial charge < -0.3 is 4.42 Å². The number of pyridine rings is 1. The first-order chi connectivity index (χ1) is 17.7. The maximum Gasteiger partial charge on any atom is 0.134 e. The summed E-state index contributed by atoms with van der Waals surface area (Å²) in [5.74, 6) is 1.62. The Bertz CT molecular complexity index is 1780. The molecule has 3 heteroatoms. The largest absolute Gasteiger partial charge is 0.461 e. The quantitative estimate of drug-likeness (QED) is 0.239. The second kappa shape index (κ2) is 8.85. The van der Waals surface area contributed by atoms with Gasteiger partial charge >= 0.3 is 0 Å². The second-order valence-electron chi connectivity index (χ2n) is 11.7. The topological polar surface area (TPSA) is 26.0 Å². The minimum absolute atomic E-state index is 0.0298. The van der Waals surface area contributed by atoms with Crippen LogP contribution in [0.5, 0.6) is 0 Å². The van der Waals surface area contributed by atoms with E-state index in [4.69, 9.17) is 9.40 Å². The summed E-state index contributed by atoms with van der Waals surface area (Å²) < 4.78 is 6.13. The highest BCUT2D eigenvalue weighted by atomic mass is 32.1. The van der Waals surface area contributed by atoms with Gasteiger partial charge in [-0.2, -0.15) is 0 Å². The lowest BCUT2D eigenvalue weighted by atomic mass is 9.82. The summed E-state index contributed by atoms with van der Waals surface area (Å²) >= 11 is 1.77. The third-order valence-electron chi connectivity index (χ3n) is 7.08. The predicted molar refractivity (Wildman–Crippen MR) is 160 cm³/mol. The van der Waals surface area contributed by atoms with Gasteiger partial charge in [0.2, 0.25) is 0 Å². The molecule has 6 rings (SSSR count). The number of fused-ring (bicyclic) bond motifs is 3. The minimum Gasteiger partial charge on any atom is -0.461 e. The van der Waals surface area contributed by atoms with E-state index in [1.54, 1.807) is 11.3 Å². The van der Waals surface area contributed by atoms with Crippen molar-refractivity contribution in [1.29, 1.82) is 0 Å². The Morgan fingerprint density at radius 3 is 2.41 bits per heavy atom. The number of aromatic nitrogens is 1. The van der Waals surface area contributed by atoms with Crippen LogP contribution in [0.4, 0.5) is 0 Å². The molecule has 37 heavy (non-hydrogen) atoms. The molecule has 0 saturated heterocycles. The Balaban J connectivity index is 1.56. The number of thiophene rings is 1. The van der Waals surface area contributed by atoms with Crippen LogP contribution in [0.15, 0.2) is 77.2 Å². The summed E-state index contributed by atoms with van der Waals surface area (Å²) in [6.07, 6.45) is 0.954. The molecule has 3 aromatic heterocycles. The average Bonchev–Trinajstić information content (AvgIpc) is 3.42. The van der Waals surface area contributed by atoms with E-state index in [9.17, 15) is 0 Å². The number of hydrogen-bond donors (Lipinski definition) is 0. The molecule has 0 N–H and O–H groups in total. The fraction of sp³-hybridized carbons (Fsp3) is 0.265. The molecule has 0 radical (unpaired) electrons. The first kappa shape index (κ1) is 23.9. The third-order valence-corrected chi connectivity index (χ3v) is 8.03.